The molecular formula is C21H21ClN2O2. The normalized spacial score (nSPS) is 17.8. The number of hydrogen-bond donors (Lipinski definition) is 1. The average molecular weight is 369 g/mol. The van der Waals surface area contributed by atoms with E-state index in [-0.39, 0.29) is 11.8 Å². The third-order valence-corrected chi connectivity index (χ3v) is 5.59. The van der Waals surface area contributed by atoms with E-state index in [4.69, 9.17) is 11.6 Å². The van der Waals surface area contributed by atoms with Crippen LogP contribution in [0.2, 0.25) is 5.02 Å². The maximum absolute atomic E-state index is 12.9. The molecule has 134 valence electrons. The Morgan fingerprint density at radius 1 is 1.00 bits per heavy atom. The van der Waals surface area contributed by atoms with E-state index >= 15 is 0 Å². The summed E-state index contributed by atoms with van der Waals surface area (Å²) in [6.07, 6.45) is 3.78. The lowest BCUT2D eigenvalue weighted by Gasteiger charge is -2.18. The molecule has 1 aliphatic carbocycles. The number of benzene rings is 2. The lowest BCUT2D eigenvalue weighted by Crippen LogP contribution is -2.29. The number of carbonyl (C=O) groups is 2. The highest BCUT2D eigenvalue weighted by Crippen LogP contribution is 2.49. The Hall–Kier alpha value is -2.33. The van der Waals surface area contributed by atoms with Crippen molar-refractivity contribution < 1.29 is 9.59 Å². The fourth-order valence-corrected chi connectivity index (χ4v) is 3.75. The molecule has 2 fully saturated rings. The van der Waals surface area contributed by atoms with Gasteiger partial charge < -0.3 is 10.2 Å². The standard InChI is InChI=1S/C21H21ClN2O2/c22-17-8-6-16(7-9-17)21(10-11-21)20(26)23-18-5-3-4-15(14-18)19(25)24-12-1-2-13-24/h3-9,14H,1-2,10-13H2,(H,23,26). The average Bonchev–Trinajstić information content (AvgIpc) is 3.28. The Morgan fingerprint density at radius 2 is 1.69 bits per heavy atom. The summed E-state index contributed by atoms with van der Waals surface area (Å²) in [5, 5.41) is 3.67. The SMILES string of the molecule is O=C(c1cccc(NC(=O)C2(c3ccc(Cl)cc3)CC2)c1)N1CCCC1. The topological polar surface area (TPSA) is 49.4 Å². The molecule has 2 amide bonds. The van der Waals surface area contributed by atoms with Crippen LogP contribution in [0.25, 0.3) is 0 Å². The molecule has 4 nitrogen and oxygen atoms in total. The minimum Gasteiger partial charge on any atom is -0.339 e. The van der Waals surface area contributed by atoms with Gasteiger partial charge in [-0.25, -0.2) is 0 Å². The van der Waals surface area contributed by atoms with E-state index in [1.165, 1.54) is 0 Å². The molecule has 4 rings (SSSR count). The maximum atomic E-state index is 12.9. The van der Waals surface area contributed by atoms with Crippen LogP contribution in [0.4, 0.5) is 5.69 Å². The van der Waals surface area contributed by atoms with Crippen LogP contribution in [0.3, 0.4) is 0 Å². The molecule has 26 heavy (non-hydrogen) atoms. The van der Waals surface area contributed by atoms with Crippen LogP contribution in [-0.2, 0) is 10.2 Å². The molecule has 0 bridgehead atoms. The number of halogens is 1. The Kier molecular flexibility index (Phi) is 4.45. The minimum absolute atomic E-state index is 0.0226. The van der Waals surface area contributed by atoms with Gasteiger partial charge in [0.25, 0.3) is 5.91 Å². The lowest BCUT2D eigenvalue weighted by molar-refractivity contribution is -0.118. The van der Waals surface area contributed by atoms with Crippen molar-refractivity contribution in [2.24, 2.45) is 0 Å². The van der Waals surface area contributed by atoms with Crippen molar-refractivity contribution in [3.8, 4) is 0 Å². The zero-order chi connectivity index (χ0) is 18.1. The molecule has 0 atom stereocenters. The number of hydrogen-bond acceptors (Lipinski definition) is 2. The summed E-state index contributed by atoms with van der Waals surface area (Å²) in [5.74, 6) is 0.0167. The van der Waals surface area contributed by atoms with E-state index in [1.807, 2.05) is 47.4 Å². The van der Waals surface area contributed by atoms with Crippen molar-refractivity contribution in [1.29, 1.82) is 0 Å². The second kappa shape index (κ2) is 6.76. The van der Waals surface area contributed by atoms with Crippen LogP contribution >= 0.6 is 11.6 Å². The molecule has 1 aliphatic heterocycles. The summed E-state index contributed by atoms with van der Waals surface area (Å²) < 4.78 is 0. The molecule has 0 radical (unpaired) electrons. The van der Waals surface area contributed by atoms with E-state index in [1.54, 1.807) is 6.07 Å². The first-order valence-electron chi connectivity index (χ1n) is 9.05. The second-order valence-corrected chi connectivity index (χ2v) is 7.56. The van der Waals surface area contributed by atoms with Gasteiger partial charge >= 0.3 is 0 Å². The molecule has 0 spiro atoms. The van der Waals surface area contributed by atoms with Crippen molar-refractivity contribution in [2.75, 3.05) is 18.4 Å². The molecule has 1 saturated heterocycles. The van der Waals surface area contributed by atoms with Crippen molar-refractivity contribution in [2.45, 2.75) is 31.1 Å². The summed E-state index contributed by atoms with van der Waals surface area (Å²) in [6.45, 7) is 1.63. The van der Waals surface area contributed by atoms with Gasteiger partial charge in [-0.2, -0.15) is 0 Å². The van der Waals surface area contributed by atoms with Crippen LogP contribution in [0, 0.1) is 0 Å². The van der Waals surface area contributed by atoms with E-state index in [0.717, 1.165) is 44.3 Å². The van der Waals surface area contributed by atoms with Gasteiger partial charge in [0.05, 0.1) is 5.41 Å². The molecule has 1 N–H and O–H groups in total. The number of rotatable bonds is 4. The van der Waals surface area contributed by atoms with E-state index in [9.17, 15) is 9.59 Å². The molecule has 2 aliphatic rings. The van der Waals surface area contributed by atoms with Gasteiger partial charge in [-0.15, -0.1) is 0 Å². The fraction of sp³-hybridized carbons (Fsp3) is 0.333. The van der Waals surface area contributed by atoms with Gasteiger partial charge in [-0.05, 0) is 61.6 Å². The number of anilines is 1. The summed E-state index contributed by atoms with van der Waals surface area (Å²) in [5.41, 5.74) is 1.81. The highest BCUT2D eigenvalue weighted by molar-refractivity contribution is 6.30. The van der Waals surface area contributed by atoms with Crippen LogP contribution in [0.15, 0.2) is 48.5 Å². The molecule has 1 saturated carbocycles. The third-order valence-electron chi connectivity index (χ3n) is 5.34. The summed E-state index contributed by atoms with van der Waals surface area (Å²) in [6, 6.07) is 14.7. The van der Waals surface area contributed by atoms with Gasteiger partial charge in [0, 0.05) is 29.4 Å². The summed E-state index contributed by atoms with van der Waals surface area (Å²) in [7, 11) is 0. The number of carbonyl (C=O) groups excluding carboxylic acids is 2. The number of amides is 2. The molecule has 2 aromatic rings. The molecular weight excluding hydrogens is 348 g/mol. The van der Waals surface area contributed by atoms with Crippen LogP contribution in [0.5, 0.6) is 0 Å². The van der Waals surface area contributed by atoms with Gasteiger partial charge in [-0.1, -0.05) is 29.8 Å². The Balaban J connectivity index is 1.50. The van der Waals surface area contributed by atoms with Gasteiger partial charge in [-0.3, -0.25) is 9.59 Å². The summed E-state index contributed by atoms with van der Waals surface area (Å²) >= 11 is 5.96. The third kappa shape index (κ3) is 3.21. The minimum atomic E-state index is -0.473. The van der Waals surface area contributed by atoms with Crippen molar-refractivity contribution in [3.05, 3.63) is 64.7 Å². The highest BCUT2D eigenvalue weighted by atomic mass is 35.5. The Bertz CT molecular complexity index is 837. The zero-order valence-electron chi connectivity index (χ0n) is 14.5. The number of nitrogens with zero attached hydrogens (tertiary/aromatic N) is 1. The lowest BCUT2D eigenvalue weighted by atomic mass is 9.95. The largest absolute Gasteiger partial charge is 0.339 e. The number of nitrogens with one attached hydrogen (secondary N) is 1. The van der Waals surface area contributed by atoms with Crippen molar-refractivity contribution >= 4 is 29.1 Å². The van der Waals surface area contributed by atoms with Crippen molar-refractivity contribution in [3.63, 3.8) is 0 Å². The molecule has 0 unspecified atom stereocenters. The predicted molar refractivity (Wildman–Crippen MR) is 103 cm³/mol. The molecule has 0 aromatic heterocycles. The maximum Gasteiger partial charge on any atom is 0.253 e. The quantitative estimate of drug-likeness (QED) is 0.877. The Labute approximate surface area is 158 Å². The zero-order valence-corrected chi connectivity index (χ0v) is 15.3. The van der Waals surface area contributed by atoms with E-state index in [2.05, 4.69) is 5.32 Å². The first-order chi connectivity index (χ1) is 12.6. The first kappa shape index (κ1) is 17.1. The first-order valence-corrected chi connectivity index (χ1v) is 9.43. The second-order valence-electron chi connectivity index (χ2n) is 7.12. The highest BCUT2D eigenvalue weighted by Gasteiger charge is 2.51. The predicted octanol–water partition coefficient (Wildman–Crippen LogP) is 4.25. The van der Waals surface area contributed by atoms with E-state index < -0.39 is 5.41 Å². The van der Waals surface area contributed by atoms with Gasteiger partial charge in [0.1, 0.15) is 0 Å². The molecule has 5 heteroatoms. The monoisotopic (exact) mass is 368 g/mol. The van der Waals surface area contributed by atoms with Crippen molar-refractivity contribution in [1.82, 2.24) is 4.90 Å². The van der Waals surface area contributed by atoms with Crippen LogP contribution in [0.1, 0.15) is 41.6 Å². The van der Waals surface area contributed by atoms with Crippen LogP contribution < -0.4 is 5.32 Å². The molecule has 2 aromatic carbocycles. The number of likely N-dealkylation sites (tertiary alicyclic amines) is 1. The van der Waals surface area contributed by atoms with E-state index in [0.29, 0.717) is 16.3 Å². The smallest absolute Gasteiger partial charge is 0.253 e. The Morgan fingerprint density at radius 3 is 2.35 bits per heavy atom. The van der Waals surface area contributed by atoms with Gasteiger partial charge in [0.2, 0.25) is 5.91 Å². The summed E-state index contributed by atoms with van der Waals surface area (Å²) in [4.78, 5) is 27.3. The fourth-order valence-electron chi connectivity index (χ4n) is 3.62. The molecule has 1 heterocycles. The van der Waals surface area contributed by atoms with Crippen LogP contribution in [-0.4, -0.2) is 29.8 Å². The van der Waals surface area contributed by atoms with Gasteiger partial charge in [0.15, 0.2) is 0 Å².